The van der Waals surface area contributed by atoms with E-state index in [1.807, 2.05) is 42.9 Å². The number of nitrogens with zero attached hydrogens (tertiary/aromatic N) is 4. The van der Waals surface area contributed by atoms with Crippen molar-refractivity contribution in [3.05, 3.63) is 42.2 Å². The first kappa shape index (κ1) is 17.7. The van der Waals surface area contributed by atoms with E-state index in [1.54, 1.807) is 11.2 Å². The molecule has 1 saturated heterocycles. The average molecular weight is 390 g/mol. The Hall–Kier alpha value is -3.39. The number of hydrogen-bond donors (Lipinski definition) is 3. The summed E-state index contributed by atoms with van der Waals surface area (Å²) in [7, 11) is 3.79. The number of pyridine rings is 1. The van der Waals surface area contributed by atoms with Crippen LogP contribution in [0.3, 0.4) is 0 Å². The SMILES string of the molecule is CNc1nc2[nH]c(-c3cccc(C(=O)N4CCC(O)C4)c3)cc2c2c1ncn2C. The van der Waals surface area contributed by atoms with E-state index in [1.165, 1.54) is 0 Å². The number of aromatic nitrogens is 4. The van der Waals surface area contributed by atoms with Crippen molar-refractivity contribution in [3.8, 4) is 11.3 Å². The Morgan fingerprint density at radius 3 is 2.97 bits per heavy atom. The van der Waals surface area contributed by atoms with Crippen LogP contribution in [0.2, 0.25) is 0 Å². The zero-order chi connectivity index (χ0) is 20.1. The highest BCUT2D eigenvalue weighted by atomic mass is 16.3. The summed E-state index contributed by atoms with van der Waals surface area (Å²) in [6.45, 7) is 0.983. The number of rotatable bonds is 3. The Kier molecular flexibility index (Phi) is 4.02. The first-order valence-electron chi connectivity index (χ1n) is 9.64. The van der Waals surface area contributed by atoms with Gasteiger partial charge in [0.1, 0.15) is 11.2 Å². The molecular weight excluding hydrogens is 368 g/mol. The standard InChI is InChI=1S/C21H22N6O2/c1-22-20-17-18(26(2)11-23-17)15-9-16(24-19(15)25-20)12-4-3-5-13(8-12)21(29)27-7-6-14(28)10-27/h3-5,8-9,11,14,28H,6-7,10H2,1-2H3,(H2,22,24,25). The molecule has 4 heterocycles. The lowest BCUT2D eigenvalue weighted by atomic mass is 10.1. The average Bonchev–Trinajstić information content (AvgIpc) is 3.45. The van der Waals surface area contributed by atoms with Crippen LogP contribution in [0.1, 0.15) is 16.8 Å². The molecule has 0 radical (unpaired) electrons. The highest BCUT2D eigenvalue weighted by Crippen LogP contribution is 2.32. The van der Waals surface area contributed by atoms with Crippen molar-refractivity contribution in [2.45, 2.75) is 12.5 Å². The number of imidazole rings is 1. The third kappa shape index (κ3) is 2.84. The van der Waals surface area contributed by atoms with Gasteiger partial charge in [-0.1, -0.05) is 12.1 Å². The van der Waals surface area contributed by atoms with Gasteiger partial charge in [0.2, 0.25) is 0 Å². The van der Waals surface area contributed by atoms with E-state index in [0.717, 1.165) is 39.1 Å². The van der Waals surface area contributed by atoms with Crippen LogP contribution >= 0.6 is 0 Å². The van der Waals surface area contributed by atoms with Gasteiger partial charge < -0.3 is 24.9 Å². The molecule has 4 aromatic rings. The first-order valence-corrected chi connectivity index (χ1v) is 9.64. The van der Waals surface area contributed by atoms with E-state index in [2.05, 4.69) is 26.3 Å². The first-order chi connectivity index (χ1) is 14.0. The lowest BCUT2D eigenvalue weighted by Crippen LogP contribution is -2.29. The number of aliphatic hydroxyl groups excluding tert-OH is 1. The van der Waals surface area contributed by atoms with Gasteiger partial charge >= 0.3 is 0 Å². The van der Waals surface area contributed by atoms with Crippen molar-refractivity contribution in [2.75, 3.05) is 25.5 Å². The number of aliphatic hydroxyl groups is 1. The monoisotopic (exact) mass is 390 g/mol. The normalized spacial score (nSPS) is 16.8. The van der Waals surface area contributed by atoms with E-state index in [9.17, 15) is 9.90 Å². The number of fused-ring (bicyclic) bond motifs is 3. The van der Waals surface area contributed by atoms with Crippen LogP contribution < -0.4 is 5.32 Å². The summed E-state index contributed by atoms with van der Waals surface area (Å²) < 4.78 is 1.98. The summed E-state index contributed by atoms with van der Waals surface area (Å²) in [4.78, 5) is 27.0. The van der Waals surface area contributed by atoms with Gasteiger partial charge in [0.25, 0.3) is 5.91 Å². The largest absolute Gasteiger partial charge is 0.391 e. The molecule has 0 spiro atoms. The van der Waals surface area contributed by atoms with E-state index >= 15 is 0 Å². The summed E-state index contributed by atoms with van der Waals surface area (Å²) in [6, 6.07) is 9.61. The van der Waals surface area contributed by atoms with Gasteiger partial charge in [-0.15, -0.1) is 0 Å². The molecular formula is C21H22N6O2. The van der Waals surface area contributed by atoms with Gasteiger partial charge in [-0.3, -0.25) is 4.79 Å². The van der Waals surface area contributed by atoms with Gasteiger partial charge in [0, 0.05) is 43.8 Å². The number of carbonyl (C=O) groups excluding carboxylic acids is 1. The van der Waals surface area contributed by atoms with Crippen molar-refractivity contribution in [1.29, 1.82) is 0 Å². The number of anilines is 1. The van der Waals surface area contributed by atoms with Crippen molar-refractivity contribution in [3.63, 3.8) is 0 Å². The quantitative estimate of drug-likeness (QED) is 0.499. The number of benzene rings is 1. The van der Waals surface area contributed by atoms with Gasteiger partial charge in [-0.25, -0.2) is 9.97 Å². The minimum atomic E-state index is -0.426. The maximum absolute atomic E-state index is 12.8. The van der Waals surface area contributed by atoms with Crippen molar-refractivity contribution in [1.82, 2.24) is 24.4 Å². The third-order valence-corrected chi connectivity index (χ3v) is 5.54. The van der Waals surface area contributed by atoms with E-state index in [-0.39, 0.29) is 5.91 Å². The van der Waals surface area contributed by atoms with Crippen LogP contribution in [-0.2, 0) is 7.05 Å². The third-order valence-electron chi connectivity index (χ3n) is 5.54. The summed E-state index contributed by atoms with van der Waals surface area (Å²) in [5, 5.41) is 13.8. The second-order valence-electron chi connectivity index (χ2n) is 7.48. The maximum atomic E-state index is 12.8. The van der Waals surface area contributed by atoms with Crippen LogP contribution in [0.15, 0.2) is 36.7 Å². The lowest BCUT2D eigenvalue weighted by molar-refractivity contribution is 0.0765. The molecule has 3 N–H and O–H groups in total. The number of hydrogen-bond acceptors (Lipinski definition) is 5. The van der Waals surface area contributed by atoms with Crippen LogP contribution in [0.5, 0.6) is 0 Å². The molecule has 1 atom stereocenters. The zero-order valence-electron chi connectivity index (χ0n) is 16.3. The number of aryl methyl sites for hydroxylation is 1. The number of aromatic amines is 1. The molecule has 29 heavy (non-hydrogen) atoms. The topological polar surface area (TPSA) is 99.1 Å². The fraction of sp³-hybridized carbons (Fsp3) is 0.286. The number of nitrogens with one attached hydrogen (secondary N) is 2. The number of carbonyl (C=O) groups is 1. The van der Waals surface area contributed by atoms with E-state index in [0.29, 0.717) is 25.1 Å². The lowest BCUT2D eigenvalue weighted by Gasteiger charge is -2.15. The molecule has 5 rings (SSSR count). The molecule has 1 aliphatic heterocycles. The number of amides is 1. The molecule has 3 aromatic heterocycles. The molecule has 1 unspecified atom stereocenters. The fourth-order valence-corrected chi connectivity index (χ4v) is 4.06. The minimum absolute atomic E-state index is 0.0517. The summed E-state index contributed by atoms with van der Waals surface area (Å²) in [5.74, 6) is 0.669. The van der Waals surface area contributed by atoms with Gasteiger partial charge in [0.15, 0.2) is 5.82 Å². The molecule has 1 aromatic carbocycles. The summed E-state index contributed by atoms with van der Waals surface area (Å²) in [5.41, 5.74) is 5.00. The molecule has 8 heteroatoms. The molecule has 1 amide bonds. The Balaban J connectivity index is 1.58. The Morgan fingerprint density at radius 2 is 2.21 bits per heavy atom. The Labute approximate surface area is 167 Å². The summed E-state index contributed by atoms with van der Waals surface area (Å²) >= 11 is 0. The molecule has 0 saturated carbocycles. The van der Waals surface area contributed by atoms with Gasteiger partial charge in [-0.05, 0) is 30.2 Å². The van der Waals surface area contributed by atoms with E-state index in [4.69, 9.17) is 0 Å². The predicted molar refractivity (Wildman–Crippen MR) is 112 cm³/mol. The molecule has 8 nitrogen and oxygen atoms in total. The highest BCUT2D eigenvalue weighted by molar-refractivity contribution is 6.07. The van der Waals surface area contributed by atoms with Crippen LogP contribution in [0.4, 0.5) is 5.82 Å². The molecule has 148 valence electrons. The molecule has 1 aliphatic rings. The van der Waals surface area contributed by atoms with Crippen LogP contribution in [0, 0.1) is 0 Å². The Bertz CT molecular complexity index is 1240. The van der Waals surface area contributed by atoms with Gasteiger partial charge in [-0.2, -0.15) is 0 Å². The fourth-order valence-electron chi connectivity index (χ4n) is 4.06. The highest BCUT2D eigenvalue weighted by Gasteiger charge is 2.25. The predicted octanol–water partition coefficient (Wildman–Crippen LogP) is 2.37. The second kappa shape index (κ2) is 6.59. The van der Waals surface area contributed by atoms with E-state index < -0.39 is 6.10 Å². The zero-order valence-corrected chi connectivity index (χ0v) is 16.3. The second-order valence-corrected chi connectivity index (χ2v) is 7.48. The van der Waals surface area contributed by atoms with Crippen LogP contribution in [-0.4, -0.2) is 61.7 Å². The molecule has 1 fully saturated rings. The molecule has 0 bridgehead atoms. The van der Waals surface area contributed by atoms with Crippen molar-refractivity contribution in [2.24, 2.45) is 7.05 Å². The van der Waals surface area contributed by atoms with Crippen molar-refractivity contribution >= 4 is 33.8 Å². The number of likely N-dealkylation sites (tertiary alicyclic amines) is 1. The number of H-pyrrole nitrogens is 1. The van der Waals surface area contributed by atoms with Gasteiger partial charge in [0.05, 0.1) is 17.9 Å². The maximum Gasteiger partial charge on any atom is 0.253 e. The Morgan fingerprint density at radius 1 is 1.34 bits per heavy atom. The van der Waals surface area contributed by atoms with Crippen LogP contribution in [0.25, 0.3) is 33.3 Å². The molecule has 0 aliphatic carbocycles. The number of β-amino-alcohol motifs (C(OH)–C–C–N with tert-alkyl or cyclic N) is 1. The smallest absolute Gasteiger partial charge is 0.253 e. The minimum Gasteiger partial charge on any atom is -0.391 e. The summed E-state index contributed by atoms with van der Waals surface area (Å²) in [6.07, 6.45) is 1.99. The van der Waals surface area contributed by atoms with Crippen molar-refractivity contribution < 1.29 is 9.90 Å².